The zero-order valence-corrected chi connectivity index (χ0v) is 9.47. The highest BCUT2D eigenvalue weighted by atomic mass is 32.1. The topological polar surface area (TPSA) is 51.2 Å². The third kappa shape index (κ3) is 4.71. The van der Waals surface area contributed by atoms with Gasteiger partial charge in [0.1, 0.15) is 4.88 Å². The molecule has 0 radical (unpaired) electrons. The average molecular weight is 226 g/mol. The van der Waals surface area contributed by atoms with Crippen molar-refractivity contribution in [1.82, 2.24) is 10.3 Å². The Balaban J connectivity index is 2.10. The number of rotatable bonds is 6. The molecule has 1 aromatic rings. The summed E-state index contributed by atoms with van der Waals surface area (Å²) in [5, 5.41) is 2.74. The molecule has 1 heterocycles. The van der Waals surface area contributed by atoms with Crippen molar-refractivity contribution in [3.63, 3.8) is 0 Å². The van der Waals surface area contributed by atoms with Gasteiger partial charge in [-0.25, -0.2) is 0 Å². The van der Waals surface area contributed by atoms with Crippen molar-refractivity contribution in [3.8, 4) is 0 Å². The third-order valence-electron chi connectivity index (χ3n) is 1.54. The van der Waals surface area contributed by atoms with E-state index in [0.717, 1.165) is 5.57 Å². The van der Waals surface area contributed by atoms with Crippen molar-refractivity contribution in [2.75, 3.05) is 19.8 Å². The average Bonchev–Trinajstić information content (AvgIpc) is 2.69. The number of carbonyl (C=O) groups excluding carboxylic acids is 1. The van der Waals surface area contributed by atoms with Gasteiger partial charge in [0.05, 0.1) is 24.9 Å². The molecule has 1 N–H and O–H groups in total. The Morgan fingerprint density at radius 3 is 3.13 bits per heavy atom. The van der Waals surface area contributed by atoms with Crippen LogP contribution in [-0.2, 0) is 4.74 Å². The van der Waals surface area contributed by atoms with Gasteiger partial charge in [-0.05, 0) is 6.92 Å². The van der Waals surface area contributed by atoms with Crippen molar-refractivity contribution in [2.24, 2.45) is 0 Å². The molecule has 1 amide bonds. The first-order valence-corrected chi connectivity index (χ1v) is 5.47. The van der Waals surface area contributed by atoms with Gasteiger partial charge in [0.15, 0.2) is 0 Å². The number of hydrogen-bond acceptors (Lipinski definition) is 4. The molecule has 5 heteroatoms. The van der Waals surface area contributed by atoms with Crippen LogP contribution in [0.1, 0.15) is 16.6 Å². The summed E-state index contributed by atoms with van der Waals surface area (Å²) in [6, 6.07) is 0. The van der Waals surface area contributed by atoms with Crippen LogP contribution in [0.25, 0.3) is 0 Å². The summed E-state index contributed by atoms with van der Waals surface area (Å²) in [5.41, 5.74) is 2.61. The molecular weight excluding hydrogens is 212 g/mol. The Bertz CT molecular complexity index is 322. The van der Waals surface area contributed by atoms with Gasteiger partial charge in [-0.1, -0.05) is 12.2 Å². The summed E-state index contributed by atoms with van der Waals surface area (Å²) in [6.45, 7) is 7.15. The molecular formula is C10H14N2O2S. The van der Waals surface area contributed by atoms with E-state index in [0.29, 0.717) is 24.6 Å². The smallest absolute Gasteiger partial charge is 0.263 e. The molecule has 0 unspecified atom stereocenters. The predicted molar refractivity (Wildman–Crippen MR) is 60.1 cm³/mol. The maximum atomic E-state index is 11.4. The monoisotopic (exact) mass is 226 g/mol. The van der Waals surface area contributed by atoms with E-state index in [1.54, 1.807) is 11.7 Å². The minimum atomic E-state index is -0.101. The summed E-state index contributed by atoms with van der Waals surface area (Å²) in [4.78, 5) is 15.8. The number of thiazole rings is 1. The van der Waals surface area contributed by atoms with Gasteiger partial charge < -0.3 is 10.1 Å². The van der Waals surface area contributed by atoms with E-state index in [4.69, 9.17) is 4.74 Å². The molecule has 0 spiro atoms. The van der Waals surface area contributed by atoms with Crippen molar-refractivity contribution in [2.45, 2.75) is 6.92 Å². The number of nitrogens with one attached hydrogen (secondary N) is 1. The maximum absolute atomic E-state index is 11.4. The molecule has 0 bridgehead atoms. The highest BCUT2D eigenvalue weighted by Gasteiger charge is 2.05. The molecule has 1 aromatic heterocycles. The second-order valence-corrected chi connectivity index (χ2v) is 4.02. The van der Waals surface area contributed by atoms with Crippen molar-refractivity contribution in [1.29, 1.82) is 0 Å². The van der Waals surface area contributed by atoms with Crippen LogP contribution in [0, 0.1) is 0 Å². The lowest BCUT2D eigenvalue weighted by Crippen LogP contribution is -2.26. The van der Waals surface area contributed by atoms with Crippen molar-refractivity contribution < 1.29 is 9.53 Å². The molecule has 0 aliphatic heterocycles. The summed E-state index contributed by atoms with van der Waals surface area (Å²) >= 11 is 1.32. The Morgan fingerprint density at radius 1 is 1.73 bits per heavy atom. The fourth-order valence-corrected chi connectivity index (χ4v) is 1.43. The first-order chi connectivity index (χ1) is 7.20. The molecule has 0 fully saturated rings. The summed E-state index contributed by atoms with van der Waals surface area (Å²) in [7, 11) is 0. The predicted octanol–water partition coefficient (Wildman–Crippen LogP) is 1.47. The highest BCUT2D eigenvalue weighted by Crippen LogP contribution is 2.03. The number of amides is 1. The Kier molecular flexibility index (Phi) is 5.00. The summed E-state index contributed by atoms with van der Waals surface area (Å²) < 4.78 is 5.24. The number of carbonyl (C=O) groups is 1. The lowest BCUT2D eigenvalue weighted by Gasteiger charge is -2.04. The molecule has 15 heavy (non-hydrogen) atoms. The zero-order chi connectivity index (χ0) is 11.1. The zero-order valence-electron chi connectivity index (χ0n) is 8.66. The first kappa shape index (κ1) is 11.9. The van der Waals surface area contributed by atoms with Crippen LogP contribution in [0.5, 0.6) is 0 Å². The maximum Gasteiger partial charge on any atom is 0.263 e. The van der Waals surface area contributed by atoms with Crippen LogP contribution in [0.3, 0.4) is 0 Å². The number of hydrogen-bond donors (Lipinski definition) is 1. The van der Waals surface area contributed by atoms with Crippen LogP contribution >= 0.6 is 11.3 Å². The van der Waals surface area contributed by atoms with Gasteiger partial charge in [-0.2, -0.15) is 0 Å². The Hall–Kier alpha value is -1.20. The first-order valence-electron chi connectivity index (χ1n) is 4.59. The third-order valence-corrected chi connectivity index (χ3v) is 2.31. The number of aromatic nitrogens is 1. The van der Waals surface area contributed by atoms with Crippen LogP contribution in [0.4, 0.5) is 0 Å². The van der Waals surface area contributed by atoms with Gasteiger partial charge in [-0.3, -0.25) is 9.78 Å². The quantitative estimate of drug-likeness (QED) is 0.590. The molecule has 0 aliphatic rings. The van der Waals surface area contributed by atoms with Gasteiger partial charge in [0.25, 0.3) is 5.91 Å². The van der Waals surface area contributed by atoms with Crippen molar-refractivity contribution in [3.05, 3.63) is 28.7 Å². The van der Waals surface area contributed by atoms with Gasteiger partial charge in [0, 0.05) is 6.54 Å². The largest absolute Gasteiger partial charge is 0.375 e. The van der Waals surface area contributed by atoms with Gasteiger partial charge >= 0.3 is 0 Å². The van der Waals surface area contributed by atoms with E-state index in [2.05, 4.69) is 16.9 Å². The highest BCUT2D eigenvalue weighted by molar-refractivity contribution is 7.11. The number of nitrogens with zero attached hydrogens (tertiary/aromatic N) is 1. The van der Waals surface area contributed by atoms with E-state index in [9.17, 15) is 4.79 Å². The van der Waals surface area contributed by atoms with E-state index < -0.39 is 0 Å². The van der Waals surface area contributed by atoms with Gasteiger partial charge in [0.2, 0.25) is 0 Å². The fourth-order valence-electron chi connectivity index (χ4n) is 0.898. The SMILES string of the molecule is C=C(C)COCCNC(=O)c1cncs1. The van der Waals surface area contributed by atoms with Gasteiger partial charge in [-0.15, -0.1) is 11.3 Å². The summed E-state index contributed by atoms with van der Waals surface area (Å²) in [6.07, 6.45) is 1.55. The molecule has 0 aromatic carbocycles. The Morgan fingerprint density at radius 2 is 2.53 bits per heavy atom. The molecule has 0 saturated carbocycles. The number of ether oxygens (including phenoxy) is 1. The lowest BCUT2D eigenvalue weighted by atomic mass is 10.4. The van der Waals surface area contributed by atoms with Crippen molar-refractivity contribution >= 4 is 17.2 Å². The molecule has 82 valence electrons. The molecule has 0 saturated heterocycles. The molecule has 4 nitrogen and oxygen atoms in total. The van der Waals surface area contributed by atoms with E-state index in [1.807, 2.05) is 6.92 Å². The lowest BCUT2D eigenvalue weighted by molar-refractivity contribution is 0.0930. The van der Waals surface area contributed by atoms with Crippen LogP contribution in [0.2, 0.25) is 0 Å². The second-order valence-electron chi connectivity index (χ2n) is 3.13. The standard InChI is InChI=1S/C10H14N2O2S/c1-8(2)6-14-4-3-12-10(13)9-5-11-7-15-9/h5,7H,1,3-4,6H2,2H3,(H,12,13). The molecule has 1 rings (SSSR count). The van der Waals surface area contributed by atoms with E-state index in [1.165, 1.54) is 11.3 Å². The van der Waals surface area contributed by atoms with E-state index in [-0.39, 0.29) is 5.91 Å². The molecule has 0 atom stereocenters. The second kappa shape index (κ2) is 6.31. The fraction of sp³-hybridized carbons (Fsp3) is 0.400. The van der Waals surface area contributed by atoms with Crippen LogP contribution in [0.15, 0.2) is 23.9 Å². The van der Waals surface area contributed by atoms with E-state index >= 15 is 0 Å². The van der Waals surface area contributed by atoms with Crippen LogP contribution in [-0.4, -0.2) is 30.6 Å². The molecule has 0 aliphatic carbocycles. The summed E-state index contributed by atoms with van der Waals surface area (Å²) in [5.74, 6) is -0.101. The van der Waals surface area contributed by atoms with Crippen LogP contribution < -0.4 is 5.32 Å². The normalized spacial score (nSPS) is 9.93. The Labute approximate surface area is 93.0 Å². The minimum absolute atomic E-state index is 0.101. The minimum Gasteiger partial charge on any atom is -0.375 e.